The van der Waals surface area contributed by atoms with Gasteiger partial charge < -0.3 is 15.1 Å². The topological polar surface area (TPSA) is 66.7 Å². The first-order valence-corrected chi connectivity index (χ1v) is 13.3. The second kappa shape index (κ2) is 13.3. The van der Waals surface area contributed by atoms with Crippen molar-refractivity contribution in [2.24, 2.45) is 0 Å². The van der Waals surface area contributed by atoms with Crippen molar-refractivity contribution < 1.29 is 62.3 Å². The predicted octanol–water partition coefficient (Wildman–Crippen LogP) is 8.48. The van der Waals surface area contributed by atoms with Crippen molar-refractivity contribution in [1.29, 1.82) is 0 Å². The van der Waals surface area contributed by atoms with Gasteiger partial charge in [-0.2, -0.15) is 43.9 Å². The van der Waals surface area contributed by atoms with Crippen LogP contribution >= 0.6 is 22.6 Å². The van der Waals surface area contributed by atoms with E-state index in [1.807, 2.05) is 0 Å². The molecule has 0 aliphatic carbocycles. The summed E-state index contributed by atoms with van der Waals surface area (Å²) in [6.07, 6.45) is -18.5. The van der Waals surface area contributed by atoms with Crippen molar-refractivity contribution in [2.45, 2.75) is 30.6 Å². The third-order valence-corrected chi connectivity index (χ3v) is 7.05. The minimum atomic E-state index is -6.74. The van der Waals surface area contributed by atoms with E-state index in [4.69, 9.17) is 6.57 Å². The zero-order valence-electron chi connectivity index (χ0n) is 22.3. The second-order valence-corrected chi connectivity index (χ2v) is 10.3. The Labute approximate surface area is 264 Å². The Morgan fingerprint density at radius 1 is 0.935 bits per heavy atom. The maximum atomic E-state index is 15.7. The standard InChI is InChI=1S/C27H15F12IN4O2/c1-41-8-3-9-44(23(46)13-6-7-19(28)42-12-13)18-5-2-4-15(20(18)29)22(45)43-21-16(25(31,32)33)10-14(11-17(21)40)24(30,26(34,35)36)27(37,38)39/h2,4-7,10-12H,3,8-9H2,(H,43,45). The third kappa shape index (κ3) is 7.31. The summed E-state index contributed by atoms with van der Waals surface area (Å²) < 4.78 is 164. The van der Waals surface area contributed by atoms with E-state index < -0.39 is 85.5 Å². The zero-order chi connectivity index (χ0) is 34.8. The van der Waals surface area contributed by atoms with Crippen LogP contribution in [0.4, 0.5) is 64.1 Å². The Bertz CT molecular complexity index is 1650. The average molecular weight is 782 g/mol. The summed E-state index contributed by atoms with van der Waals surface area (Å²) in [4.78, 5) is 33.3. The van der Waals surface area contributed by atoms with E-state index in [0.29, 0.717) is 0 Å². The van der Waals surface area contributed by atoms with Crippen LogP contribution in [0.15, 0.2) is 48.7 Å². The largest absolute Gasteiger partial charge is 0.435 e. The summed E-state index contributed by atoms with van der Waals surface area (Å²) in [7, 11) is 0. The maximum absolute atomic E-state index is 15.7. The SMILES string of the molecule is [C-]#[N+]CCCN(C(=O)c1ccc(F)nc1)c1cccc(C(=O)Nc2c(I)cc(C(F)(C(F)(F)F)C(F)(F)F)cc2C(F)(F)F)c1F. The molecule has 2 amide bonds. The van der Waals surface area contributed by atoms with Gasteiger partial charge in [-0.25, -0.2) is 20.3 Å². The van der Waals surface area contributed by atoms with E-state index in [9.17, 15) is 57.9 Å². The van der Waals surface area contributed by atoms with E-state index in [1.165, 1.54) is 0 Å². The average Bonchev–Trinajstić information content (AvgIpc) is 2.94. The molecule has 6 nitrogen and oxygen atoms in total. The van der Waals surface area contributed by atoms with Crippen molar-refractivity contribution in [2.75, 3.05) is 23.3 Å². The van der Waals surface area contributed by atoms with Crippen molar-refractivity contribution in [3.05, 3.63) is 97.7 Å². The van der Waals surface area contributed by atoms with Crippen molar-refractivity contribution in [3.63, 3.8) is 0 Å². The minimum absolute atomic E-state index is 0.0366. The van der Waals surface area contributed by atoms with Gasteiger partial charge >= 0.3 is 24.2 Å². The number of amides is 2. The third-order valence-electron chi connectivity index (χ3n) is 6.20. The highest BCUT2D eigenvalue weighted by Gasteiger charge is 2.73. The summed E-state index contributed by atoms with van der Waals surface area (Å²) in [5.41, 5.74) is -14.4. The monoisotopic (exact) mass is 782 g/mol. The number of hydrogen-bond acceptors (Lipinski definition) is 3. The van der Waals surface area contributed by atoms with Crippen LogP contribution in [0.5, 0.6) is 0 Å². The number of benzene rings is 2. The lowest BCUT2D eigenvalue weighted by Gasteiger charge is -2.31. The number of pyridine rings is 1. The molecule has 0 aliphatic heterocycles. The summed E-state index contributed by atoms with van der Waals surface area (Å²) in [6, 6.07) is 3.56. The molecule has 0 atom stereocenters. The van der Waals surface area contributed by atoms with Crippen LogP contribution in [0.2, 0.25) is 0 Å². The number of aromatic nitrogens is 1. The highest BCUT2D eigenvalue weighted by Crippen LogP contribution is 2.54. The molecule has 246 valence electrons. The molecule has 0 saturated carbocycles. The first-order valence-electron chi connectivity index (χ1n) is 12.2. The van der Waals surface area contributed by atoms with Crippen LogP contribution in [0.3, 0.4) is 0 Å². The second-order valence-electron chi connectivity index (χ2n) is 9.19. The zero-order valence-corrected chi connectivity index (χ0v) is 24.5. The lowest BCUT2D eigenvalue weighted by molar-refractivity contribution is -0.348. The Morgan fingerprint density at radius 2 is 1.57 bits per heavy atom. The molecule has 19 heteroatoms. The van der Waals surface area contributed by atoms with Gasteiger partial charge in [0.2, 0.25) is 12.5 Å². The first-order chi connectivity index (χ1) is 21.1. The van der Waals surface area contributed by atoms with Crippen LogP contribution in [0, 0.1) is 21.9 Å². The van der Waals surface area contributed by atoms with Crippen LogP contribution in [0.1, 0.15) is 38.3 Å². The number of nitrogens with zero attached hydrogens (tertiary/aromatic N) is 3. The van der Waals surface area contributed by atoms with E-state index in [2.05, 4.69) is 9.83 Å². The summed E-state index contributed by atoms with van der Waals surface area (Å²) >= 11 is 0.843. The Hall–Kier alpha value is -4.09. The molecule has 1 aromatic heterocycles. The normalized spacial score (nSPS) is 12.4. The summed E-state index contributed by atoms with van der Waals surface area (Å²) in [5.74, 6) is -5.15. The molecule has 0 fully saturated rings. The highest BCUT2D eigenvalue weighted by molar-refractivity contribution is 14.1. The fourth-order valence-corrected chi connectivity index (χ4v) is 4.79. The van der Waals surface area contributed by atoms with E-state index in [-0.39, 0.29) is 31.1 Å². The molecule has 0 unspecified atom stereocenters. The molecule has 0 bridgehead atoms. The quantitative estimate of drug-likeness (QED) is 0.0821. The van der Waals surface area contributed by atoms with E-state index in [0.717, 1.165) is 64.0 Å². The highest BCUT2D eigenvalue weighted by atomic mass is 127. The number of alkyl halides is 10. The van der Waals surface area contributed by atoms with Gasteiger partial charge in [-0.3, -0.25) is 9.59 Å². The fraction of sp³-hybridized carbons (Fsp3) is 0.259. The molecule has 0 saturated heterocycles. The van der Waals surface area contributed by atoms with Gasteiger partial charge in [0.05, 0.1) is 28.1 Å². The lowest BCUT2D eigenvalue weighted by atomic mass is 9.92. The van der Waals surface area contributed by atoms with Gasteiger partial charge in [0.25, 0.3) is 11.8 Å². The number of anilines is 2. The molecule has 3 aromatic rings. The molecule has 0 aliphatic rings. The fourth-order valence-electron chi connectivity index (χ4n) is 4.03. The maximum Gasteiger partial charge on any atom is 0.435 e. The van der Waals surface area contributed by atoms with Crippen LogP contribution < -0.4 is 10.2 Å². The van der Waals surface area contributed by atoms with Crippen molar-refractivity contribution in [3.8, 4) is 0 Å². The number of rotatable bonds is 8. The van der Waals surface area contributed by atoms with Crippen LogP contribution in [0.25, 0.3) is 4.85 Å². The van der Waals surface area contributed by atoms with Gasteiger partial charge in [0.15, 0.2) is 5.82 Å². The molecule has 2 aromatic carbocycles. The predicted molar refractivity (Wildman–Crippen MR) is 145 cm³/mol. The molecular weight excluding hydrogens is 767 g/mol. The number of nitrogens with one attached hydrogen (secondary N) is 1. The molecule has 1 N–H and O–H groups in total. The molecule has 1 heterocycles. The first kappa shape index (κ1) is 36.4. The van der Waals surface area contributed by atoms with E-state index >= 15 is 4.39 Å². The summed E-state index contributed by atoms with van der Waals surface area (Å²) in [5, 5.41) is 1.60. The number of halogens is 13. The molecule has 46 heavy (non-hydrogen) atoms. The summed E-state index contributed by atoms with van der Waals surface area (Å²) in [6.45, 7) is 6.41. The van der Waals surface area contributed by atoms with Gasteiger partial charge in [0, 0.05) is 28.3 Å². The van der Waals surface area contributed by atoms with Crippen LogP contribution in [-0.4, -0.2) is 42.2 Å². The van der Waals surface area contributed by atoms with Gasteiger partial charge in [0.1, 0.15) is 0 Å². The van der Waals surface area contributed by atoms with Gasteiger partial charge in [-0.1, -0.05) is 6.07 Å². The Morgan fingerprint density at radius 3 is 2.09 bits per heavy atom. The van der Waals surface area contributed by atoms with Gasteiger partial charge in [-0.05, 0) is 59.0 Å². The number of carbonyl (C=O) groups excluding carboxylic acids is 2. The number of carbonyl (C=O) groups is 2. The van der Waals surface area contributed by atoms with Crippen molar-refractivity contribution in [1.82, 2.24) is 4.98 Å². The number of hydrogen-bond donors (Lipinski definition) is 1. The Kier molecular flexibility index (Phi) is 10.5. The minimum Gasteiger partial charge on any atom is -0.320 e. The molecule has 0 spiro atoms. The molecule has 3 rings (SSSR count). The van der Waals surface area contributed by atoms with Crippen molar-refractivity contribution >= 4 is 45.8 Å². The molecule has 0 radical (unpaired) electrons. The van der Waals surface area contributed by atoms with E-state index in [1.54, 1.807) is 5.32 Å². The Balaban J connectivity index is 2.12. The smallest absolute Gasteiger partial charge is 0.320 e. The van der Waals surface area contributed by atoms with Gasteiger partial charge in [-0.15, -0.1) is 0 Å². The lowest BCUT2D eigenvalue weighted by Crippen LogP contribution is -2.50. The molecular formula is C27H15F12IN4O2. The van der Waals surface area contributed by atoms with Crippen LogP contribution in [-0.2, 0) is 11.8 Å².